The fourth-order valence-electron chi connectivity index (χ4n) is 3.91. The lowest BCUT2D eigenvalue weighted by molar-refractivity contribution is 0.439. The molecule has 1 aliphatic rings. The van der Waals surface area contributed by atoms with Crippen molar-refractivity contribution in [2.24, 2.45) is 0 Å². The molecule has 0 spiro atoms. The minimum atomic E-state index is -0.276. The molecule has 0 saturated carbocycles. The number of anilines is 1. The summed E-state index contributed by atoms with van der Waals surface area (Å²) in [5.74, 6) is 1.15. The van der Waals surface area contributed by atoms with Gasteiger partial charge in [0.25, 0.3) is 0 Å². The van der Waals surface area contributed by atoms with E-state index in [0.29, 0.717) is 10.9 Å². The first-order valence-electron chi connectivity index (χ1n) is 10.0. The predicted molar refractivity (Wildman–Crippen MR) is 123 cm³/mol. The van der Waals surface area contributed by atoms with Gasteiger partial charge >= 0.3 is 0 Å². The summed E-state index contributed by atoms with van der Waals surface area (Å²) in [7, 11) is 0. The van der Waals surface area contributed by atoms with Crippen LogP contribution in [0.15, 0.2) is 89.5 Å². The van der Waals surface area contributed by atoms with E-state index < -0.39 is 0 Å². The van der Waals surface area contributed by atoms with Crippen LogP contribution in [-0.4, -0.2) is 10.1 Å². The van der Waals surface area contributed by atoms with Crippen LogP contribution in [0, 0.1) is 12.7 Å². The van der Waals surface area contributed by atoms with Gasteiger partial charge in [-0.2, -0.15) is 0 Å². The second-order valence-corrected chi connectivity index (χ2v) is 7.93. The molecule has 3 heterocycles. The molecule has 0 aliphatic carbocycles. The highest BCUT2D eigenvalue weighted by molar-refractivity contribution is 7.80. The van der Waals surface area contributed by atoms with E-state index in [4.69, 9.17) is 16.6 Å². The van der Waals surface area contributed by atoms with Crippen molar-refractivity contribution in [1.29, 1.82) is 0 Å². The molecule has 2 aromatic heterocycles. The maximum absolute atomic E-state index is 13.3. The van der Waals surface area contributed by atoms with Gasteiger partial charge in [-0.05, 0) is 79.8 Å². The Hall–Kier alpha value is -3.51. The Morgan fingerprint density at radius 2 is 1.74 bits per heavy atom. The molecule has 1 N–H and O–H groups in total. The number of halogens is 1. The van der Waals surface area contributed by atoms with Gasteiger partial charge in [0.2, 0.25) is 0 Å². The monoisotopic (exact) mass is 429 g/mol. The summed E-state index contributed by atoms with van der Waals surface area (Å²) in [6.07, 6.45) is 1.78. The van der Waals surface area contributed by atoms with E-state index in [1.54, 1.807) is 18.3 Å². The third kappa shape index (κ3) is 3.70. The van der Waals surface area contributed by atoms with E-state index in [2.05, 4.69) is 46.4 Å². The molecular weight excluding hydrogens is 409 g/mol. The lowest BCUT2D eigenvalue weighted by atomic mass is 10.0. The second kappa shape index (κ2) is 7.96. The predicted octanol–water partition coefficient (Wildman–Crippen LogP) is 5.97. The van der Waals surface area contributed by atoms with Gasteiger partial charge in [0.15, 0.2) is 5.11 Å². The topological polar surface area (TPSA) is 41.3 Å². The van der Waals surface area contributed by atoms with E-state index in [-0.39, 0.29) is 17.9 Å². The van der Waals surface area contributed by atoms with E-state index in [9.17, 15) is 4.39 Å². The summed E-state index contributed by atoms with van der Waals surface area (Å²) in [6.45, 7) is 2.06. The Balaban J connectivity index is 1.59. The first-order valence-corrected chi connectivity index (χ1v) is 10.4. The average molecular weight is 430 g/mol. The number of nitrogens with zero attached hydrogens (tertiary/aromatic N) is 2. The van der Waals surface area contributed by atoms with E-state index in [1.807, 2.05) is 30.3 Å². The van der Waals surface area contributed by atoms with Crippen molar-refractivity contribution < 1.29 is 8.81 Å². The van der Waals surface area contributed by atoms with Crippen LogP contribution in [0.4, 0.5) is 10.1 Å². The van der Waals surface area contributed by atoms with Crippen LogP contribution in [0.1, 0.15) is 29.1 Å². The molecule has 154 valence electrons. The van der Waals surface area contributed by atoms with Crippen LogP contribution in [0.2, 0.25) is 0 Å². The molecule has 0 unspecified atom stereocenters. The van der Waals surface area contributed by atoms with Crippen molar-refractivity contribution in [3.8, 4) is 11.3 Å². The van der Waals surface area contributed by atoms with Crippen molar-refractivity contribution in [1.82, 2.24) is 10.3 Å². The Morgan fingerprint density at radius 3 is 2.45 bits per heavy atom. The lowest BCUT2D eigenvalue weighted by Crippen LogP contribution is -2.29. The Labute approximate surface area is 185 Å². The number of hydrogen-bond donors (Lipinski definition) is 1. The fraction of sp³-hybridized carbons (Fsp3) is 0.120. The first-order chi connectivity index (χ1) is 15.1. The van der Waals surface area contributed by atoms with Crippen LogP contribution < -0.4 is 10.2 Å². The maximum atomic E-state index is 13.3. The van der Waals surface area contributed by atoms with Gasteiger partial charge in [-0.15, -0.1) is 0 Å². The Bertz CT molecular complexity index is 1210. The van der Waals surface area contributed by atoms with Crippen molar-refractivity contribution in [3.63, 3.8) is 0 Å². The zero-order chi connectivity index (χ0) is 21.4. The van der Waals surface area contributed by atoms with Gasteiger partial charge in [0, 0.05) is 17.4 Å². The van der Waals surface area contributed by atoms with Crippen LogP contribution in [-0.2, 0) is 0 Å². The number of aryl methyl sites for hydroxylation is 1. The molecule has 0 bridgehead atoms. The molecule has 1 saturated heterocycles. The SMILES string of the molecule is Cc1ccc(N2C(=S)N[C@H](c3ccccn3)[C@@H]2c2ccc(-c3ccc(F)cc3)o2)cc1. The highest BCUT2D eigenvalue weighted by atomic mass is 32.1. The van der Waals surface area contributed by atoms with Crippen LogP contribution in [0.3, 0.4) is 0 Å². The van der Waals surface area contributed by atoms with Crippen LogP contribution in [0.25, 0.3) is 11.3 Å². The number of thiocarbonyl (C=S) groups is 1. The number of furan rings is 1. The largest absolute Gasteiger partial charge is 0.459 e. The Kier molecular flexibility index (Phi) is 5.00. The minimum Gasteiger partial charge on any atom is -0.459 e. The van der Waals surface area contributed by atoms with Gasteiger partial charge in [0.05, 0.1) is 11.7 Å². The third-order valence-corrected chi connectivity index (χ3v) is 5.77. The van der Waals surface area contributed by atoms with Gasteiger partial charge in [-0.3, -0.25) is 4.98 Å². The van der Waals surface area contributed by atoms with Gasteiger partial charge in [-0.25, -0.2) is 4.39 Å². The van der Waals surface area contributed by atoms with Crippen molar-refractivity contribution in [3.05, 3.63) is 108 Å². The normalized spacial score (nSPS) is 18.3. The molecule has 2 aromatic carbocycles. The molecule has 4 nitrogen and oxygen atoms in total. The first kappa shape index (κ1) is 19.5. The molecular formula is C25H20FN3OS. The van der Waals surface area contributed by atoms with Gasteiger partial charge in [-0.1, -0.05) is 23.8 Å². The zero-order valence-electron chi connectivity index (χ0n) is 16.8. The summed E-state index contributed by atoms with van der Waals surface area (Å²) in [6, 6.07) is 23.8. The van der Waals surface area contributed by atoms with Gasteiger partial charge in [0.1, 0.15) is 23.4 Å². The second-order valence-electron chi connectivity index (χ2n) is 7.54. The molecule has 1 aliphatic heterocycles. The molecule has 0 radical (unpaired) electrons. The zero-order valence-corrected chi connectivity index (χ0v) is 17.6. The molecule has 31 heavy (non-hydrogen) atoms. The number of nitrogens with one attached hydrogen (secondary N) is 1. The molecule has 2 atom stereocenters. The number of benzene rings is 2. The van der Waals surface area contributed by atoms with Crippen molar-refractivity contribution in [2.45, 2.75) is 19.0 Å². The van der Waals surface area contributed by atoms with Crippen molar-refractivity contribution >= 4 is 23.0 Å². The Morgan fingerprint density at radius 1 is 0.968 bits per heavy atom. The molecule has 0 amide bonds. The molecule has 6 heteroatoms. The maximum Gasteiger partial charge on any atom is 0.174 e. The molecule has 4 aromatic rings. The molecule has 1 fully saturated rings. The minimum absolute atomic E-state index is 0.178. The number of pyridine rings is 1. The summed E-state index contributed by atoms with van der Waals surface area (Å²) in [5.41, 5.74) is 3.85. The summed E-state index contributed by atoms with van der Waals surface area (Å²) >= 11 is 5.73. The highest BCUT2D eigenvalue weighted by Gasteiger charge is 2.42. The molecule has 5 rings (SSSR count). The van der Waals surface area contributed by atoms with Crippen molar-refractivity contribution in [2.75, 3.05) is 4.90 Å². The highest BCUT2D eigenvalue weighted by Crippen LogP contribution is 2.42. The van der Waals surface area contributed by atoms with E-state index in [0.717, 1.165) is 22.7 Å². The number of rotatable bonds is 4. The van der Waals surface area contributed by atoms with Gasteiger partial charge < -0.3 is 14.6 Å². The summed E-state index contributed by atoms with van der Waals surface area (Å²) in [5, 5.41) is 4.04. The van der Waals surface area contributed by atoms with E-state index in [1.165, 1.54) is 17.7 Å². The standard InChI is InChI=1S/C25H20FN3OS/c1-16-5-11-19(12-6-16)29-24(23(28-25(29)31)20-4-2-3-15-27-20)22-14-13-21(30-22)17-7-9-18(26)10-8-17/h2-15,23-24H,1H3,(H,28,31)/t23-,24+/m1/s1. The fourth-order valence-corrected chi connectivity index (χ4v) is 4.25. The summed E-state index contributed by atoms with van der Waals surface area (Å²) in [4.78, 5) is 6.63. The average Bonchev–Trinajstić information content (AvgIpc) is 3.40. The summed E-state index contributed by atoms with van der Waals surface area (Å²) < 4.78 is 19.6. The van der Waals surface area contributed by atoms with Crippen LogP contribution >= 0.6 is 12.2 Å². The van der Waals surface area contributed by atoms with Crippen LogP contribution in [0.5, 0.6) is 0 Å². The smallest absolute Gasteiger partial charge is 0.174 e. The lowest BCUT2D eigenvalue weighted by Gasteiger charge is -2.26. The quantitative estimate of drug-likeness (QED) is 0.405. The van der Waals surface area contributed by atoms with E-state index >= 15 is 0 Å². The third-order valence-electron chi connectivity index (χ3n) is 5.46. The number of hydrogen-bond acceptors (Lipinski definition) is 3. The number of aromatic nitrogens is 1.